The molecule has 6 nitrogen and oxygen atoms in total. The van der Waals surface area contributed by atoms with E-state index in [0.717, 1.165) is 0 Å². The molecule has 12 heavy (non-hydrogen) atoms. The van der Waals surface area contributed by atoms with Gasteiger partial charge in [0.05, 0.1) is 19.2 Å². The Balaban J connectivity index is 1.73. The molecule has 1 N–H and O–H groups in total. The molecule has 2 heterocycles. The number of thioether (sulfide) groups is 1. The monoisotopic (exact) mass is 193 g/mol. The summed E-state index contributed by atoms with van der Waals surface area (Å²) < 4.78 is 4.92. The Kier molecular flexibility index (Phi) is 1.97. The topological polar surface area (TPSA) is 55.7 Å². The lowest BCUT2D eigenvalue weighted by Gasteiger charge is -2.31. The Hall–Kier alpha value is -0.690. The summed E-state index contributed by atoms with van der Waals surface area (Å²) in [6.45, 7) is 1.22. The van der Waals surface area contributed by atoms with Gasteiger partial charge in [0.2, 0.25) is 0 Å². The zero-order valence-corrected chi connectivity index (χ0v) is 7.53. The van der Waals surface area contributed by atoms with Gasteiger partial charge in [-0.25, -0.2) is 0 Å². The lowest BCUT2D eigenvalue weighted by molar-refractivity contribution is 0.0789. The van der Waals surface area contributed by atoms with Crippen LogP contribution >= 0.6 is 11.8 Å². The van der Waals surface area contributed by atoms with Crippen LogP contribution in [0.2, 0.25) is 0 Å². The van der Waals surface area contributed by atoms with E-state index in [-0.39, 0.29) is 6.10 Å². The molecule has 0 saturated carbocycles. The normalized spacial score (nSPS) is 18.3. The molecule has 1 aliphatic rings. The zero-order chi connectivity index (χ0) is 8.55. The number of aliphatic hydroxyl groups is 1. The van der Waals surface area contributed by atoms with Crippen molar-refractivity contribution in [3.63, 3.8) is 0 Å². The van der Waals surface area contributed by atoms with Gasteiger partial charge in [0, 0.05) is 4.96 Å². The first-order valence-electron chi connectivity index (χ1n) is 3.64. The lowest BCUT2D eigenvalue weighted by atomic mass is 10.2. The third-order valence-electron chi connectivity index (χ3n) is 1.62. The molecule has 0 bridgehead atoms. The molecule has 1 fully saturated rings. The summed E-state index contributed by atoms with van der Waals surface area (Å²) in [5, 5.41) is 12.1. The van der Waals surface area contributed by atoms with Crippen molar-refractivity contribution in [1.29, 1.82) is 0 Å². The molecule has 0 aromatic carbocycles. The fourth-order valence-corrected chi connectivity index (χ4v) is 1.14. The summed E-state index contributed by atoms with van der Waals surface area (Å²) >= 11 is 1.57. The second kappa shape index (κ2) is 2.98. The van der Waals surface area contributed by atoms with E-state index in [0.29, 0.717) is 19.0 Å². The molecule has 0 aliphatic carbocycles. The number of nitrogens with zero attached hydrogens (tertiary/aromatic N) is 3. The van der Waals surface area contributed by atoms with E-state index in [9.17, 15) is 0 Å². The van der Waals surface area contributed by atoms with Gasteiger partial charge in [-0.15, -0.1) is 11.8 Å². The fraction of sp³-hybridized carbons (Fsp3) is 1.00. The number of β-amino-alcohol motifs (C(OH)–C–C–N with tert-alkyl or cyclic N) is 1. The molecule has 1 aliphatic heterocycles. The predicted molar refractivity (Wildman–Crippen MR) is 43.6 cm³/mol. The Morgan fingerprint density at radius 2 is 2.42 bits per heavy atom. The molecule has 1 aromatic rings. The third kappa shape index (κ3) is 1.42. The van der Waals surface area contributed by atoms with Crippen molar-refractivity contribution in [2.75, 3.05) is 30.3 Å². The van der Waals surface area contributed by atoms with Gasteiger partial charge in [0.25, 0.3) is 0 Å². The van der Waals surface area contributed by atoms with Crippen molar-refractivity contribution in [1.82, 2.24) is 9.98 Å². The van der Waals surface area contributed by atoms with Gasteiger partial charge in [-0.1, -0.05) is 0 Å². The van der Waals surface area contributed by atoms with Gasteiger partial charge in [-0.05, 0) is 6.26 Å². The van der Waals surface area contributed by atoms with Crippen LogP contribution in [-0.2, 0) is 0 Å². The Morgan fingerprint density at radius 1 is 1.67 bits per heavy atom. The highest BCUT2D eigenvalue weighted by molar-refractivity contribution is 7.98. The maximum Gasteiger partial charge on any atom is 0.165 e. The summed E-state index contributed by atoms with van der Waals surface area (Å²) in [7, 11) is 0. The van der Waals surface area contributed by atoms with E-state index in [4.69, 9.17) is 14.6 Å². The van der Waals surface area contributed by atoms with E-state index in [2.05, 4.69) is 0 Å². The molecular formula is C5H11N3O3S. The first kappa shape index (κ1) is 7.93. The third-order valence-corrected chi connectivity index (χ3v) is 1.96. The first-order valence-corrected chi connectivity index (χ1v) is 5.03. The Bertz CT molecular complexity index is 237. The van der Waals surface area contributed by atoms with Crippen LogP contribution in [0.15, 0.2) is 4.63 Å². The van der Waals surface area contributed by atoms with Gasteiger partial charge in [0.15, 0.2) is 5.94 Å². The quantitative estimate of drug-likeness (QED) is 0.618. The second-order valence-electron chi connectivity index (χ2n) is 2.63. The zero-order valence-electron chi connectivity index (χ0n) is 6.71. The number of hydrogen-bond donors (Lipinski definition) is 1. The standard InChI is InChI=1S/C5H11N3O3S/c1-12-4-10-8-7(11-8)6-2-5(9)3-6/h5,9H,2-4H2,1H3. The van der Waals surface area contributed by atoms with E-state index in [1.165, 1.54) is 9.98 Å². The highest BCUT2D eigenvalue weighted by Gasteiger charge is 2.32. The van der Waals surface area contributed by atoms with E-state index in [1.807, 2.05) is 11.3 Å². The van der Waals surface area contributed by atoms with Crippen molar-refractivity contribution in [2.24, 2.45) is 0 Å². The van der Waals surface area contributed by atoms with Crippen LogP contribution in [0.5, 0.6) is 0 Å². The lowest BCUT2D eigenvalue weighted by Crippen LogP contribution is -2.55. The maximum absolute atomic E-state index is 8.97. The molecule has 7 heteroatoms. The predicted octanol–water partition coefficient (Wildman–Crippen LogP) is -1.06. The molecule has 0 amide bonds. The van der Waals surface area contributed by atoms with Crippen molar-refractivity contribution in [2.45, 2.75) is 6.10 Å². The largest absolute Gasteiger partial charge is 0.389 e. The smallest absolute Gasteiger partial charge is 0.165 e. The summed E-state index contributed by atoms with van der Waals surface area (Å²) in [4.78, 5) is 6.57. The van der Waals surface area contributed by atoms with Crippen LogP contribution in [0.3, 0.4) is 0 Å². The minimum absolute atomic E-state index is 0.225. The molecule has 1 saturated heterocycles. The van der Waals surface area contributed by atoms with Gasteiger partial charge in [-0.2, -0.15) is 4.63 Å². The van der Waals surface area contributed by atoms with Gasteiger partial charge in [-0.3, -0.25) is 5.01 Å². The molecule has 1 aromatic heterocycles. The first-order chi connectivity index (χ1) is 5.81. The van der Waals surface area contributed by atoms with Crippen LogP contribution in [0.4, 0.5) is 0 Å². The number of rotatable bonds is 4. The maximum atomic E-state index is 8.97. The van der Waals surface area contributed by atoms with Crippen LogP contribution in [0.1, 0.15) is 0 Å². The van der Waals surface area contributed by atoms with Crippen molar-refractivity contribution < 1.29 is 14.6 Å². The molecule has 0 atom stereocenters. The van der Waals surface area contributed by atoms with E-state index in [1.54, 1.807) is 11.8 Å². The molecule has 0 radical (unpaired) electrons. The summed E-state index contributed by atoms with van der Waals surface area (Å²) in [6.07, 6.45) is 1.72. The molecular weight excluding hydrogens is 182 g/mol. The molecule has 0 unspecified atom stereocenters. The van der Waals surface area contributed by atoms with Gasteiger partial charge in [0.1, 0.15) is 5.02 Å². The van der Waals surface area contributed by atoms with Crippen LogP contribution < -0.4 is 9.85 Å². The number of aromatic nitrogens is 2. The van der Waals surface area contributed by atoms with E-state index >= 15 is 0 Å². The minimum Gasteiger partial charge on any atom is -0.389 e. The summed E-state index contributed by atoms with van der Waals surface area (Å²) in [5.41, 5.74) is 0. The second-order valence-corrected chi connectivity index (χ2v) is 3.45. The Labute approximate surface area is 73.5 Å². The molecule has 2 rings (SSSR count). The SMILES string of the molecule is CSCOn1on1N1CC(O)C1. The van der Waals surface area contributed by atoms with Crippen LogP contribution in [0, 0.1) is 0 Å². The average Bonchev–Trinajstić information content (AvgIpc) is 2.74. The number of aliphatic hydroxyl groups excluding tert-OH is 1. The van der Waals surface area contributed by atoms with Gasteiger partial charge < -0.3 is 9.94 Å². The summed E-state index contributed by atoms with van der Waals surface area (Å²) in [5.74, 6) is 0.562. The molecule has 70 valence electrons. The minimum atomic E-state index is -0.225. The summed E-state index contributed by atoms with van der Waals surface area (Å²) in [6, 6.07) is 0. The highest BCUT2D eigenvalue weighted by Crippen LogP contribution is 2.09. The van der Waals surface area contributed by atoms with Crippen LogP contribution in [0.25, 0.3) is 0 Å². The van der Waals surface area contributed by atoms with E-state index < -0.39 is 0 Å². The highest BCUT2D eigenvalue weighted by atomic mass is 32.2. The Morgan fingerprint density at radius 3 is 3.00 bits per heavy atom. The molecule has 0 spiro atoms. The number of hydrogen-bond acceptors (Lipinski definition) is 5. The van der Waals surface area contributed by atoms with Crippen molar-refractivity contribution in [3.05, 3.63) is 0 Å². The average molecular weight is 193 g/mol. The fourth-order valence-electron chi connectivity index (χ4n) is 0.945. The van der Waals surface area contributed by atoms with Crippen molar-refractivity contribution >= 4 is 11.8 Å². The van der Waals surface area contributed by atoms with Crippen molar-refractivity contribution in [3.8, 4) is 0 Å². The van der Waals surface area contributed by atoms with Crippen LogP contribution in [-0.4, -0.2) is 46.5 Å². The van der Waals surface area contributed by atoms with Gasteiger partial charge >= 0.3 is 0 Å².